The van der Waals surface area contributed by atoms with Gasteiger partial charge in [0.2, 0.25) is 0 Å². The van der Waals surface area contributed by atoms with Crippen LogP contribution in [0.3, 0.4) is 0 Å². The molecule has 0 saturated heterocycles. The minimum absolute atomic E-state index is 0. The molecule has 0 aromatic heterocycles. The summed E-state index contributed by atoms with van der Waals surface area (Å²) in [6, 6.07) is 0. The minimum atomic E-state index is -2.33. The molecule has 0 aromatic carbocycles. The molecule has 0 rings (SSSR count). The number of carbonyl (C=O) groups is 2. The number of carboxylic acid groups (broad SMARTS) is 4. The lowest BCUT2D eigenvalue weighted by Gasteiger charge is -1.96. The lowest BCUT2D eigenvalue weighted by molar-refractivity contribution is -0.417. The van der Waals surface area contributed by atoms with Crippen LogP contribution in [-0.4, -0.2) is 12.3 Å². The van der Waals surface area contributed by atoms with Crippen molar-refractivity contribution in [3.8, 4) is 0 Å². The summed E-state index contributed by atoms with van der Waals surface area (Å²) >= 11 is 0. The van der Waals surface area contributed by atoms with Crippen LogP contribution in [-0.2, 0) is 0 Å². The Bertz CT molecular complexity index is 105. The second-order valence-electron chi connectivity index (χ2n) is 2.23. The summed E-state index contributed by atoms with van der Waals surface area (Å²) < 4.78 is 0. The van der Waals surface area contributed by atoms with Gasteiger partial charge in [0.25, 0.3) is 0 Å². The van der Waals surface area contributed by atoms with Crippen molar-refractivity contribution >= 4 is 60.3 Å². The van der Waals surface area contributed by atoms with Crippen molar-refractivity contribution in [1.29, 1.82) is 0 Å². The van der Waals surface area contributed by atoms with Crippen molar-refractivity contribution in [2.24, 2.45) is 5.92 Å². The lowest BCUT2D eigenvalue weighted by Crippen LogP contribution is -2.37. The molecule has 0 saturated carbocycles. The number of hydrogen-bond acceptors (Lipinski definition) is 6. The molecule has 0 bridgehead atoms. The highest BCUT2D eigenvalue weighted by Crippen LogP contribution is 1.81. The normalized spacial score (nSPS) is 6.00. The van der Waals surface area contributed by atoms with E-state index >= 15 is 0 Å². The van der Waals surface area contributed by atoms with E-state index in [1.165, 1.54) is 0 Å². The summed E-state index contributed by atoms with van der Waals surface area (Å²) in [4.78, 5) is 16.7. The summed E-state index contributed by atoms with van der Waals surface area (Å²) in [5.41, 5.74) is 0. The fourth-order valence-electron chi connectivity index (χ4n) is 0. The van der Waals surface area contributed by atoms with E-state index in [4.69, 9.17) is 30.0 Å². The van der Waals surface area contributed by atoms with Gasteiger partial charge in [0.05, 0.1) is 0 Å². The Labute approximate surface area is 116 Å². The van der Waals surface area contributed by atoms with Crippen molar-refractivity contribution in [3.63, 3.8) is 0 Å². The number of rotatable bonds is 0. The Morgan fingerprint density at radius 3 is 0.786 bits per heavy atom. The molecule has 0 spiro atoms. The largest absolute Gasteiger partial charge is 0.652 e. The maximum absolute atomic E-state index is 8.33. The molecular formula is C6H12I2O6-4. The Hall–Kier alpha value is 0. The molecule has 90 valence electrons. The molecule has 0 aliphatic rings. The topological polar surface area (TPSA) is 126 Å². The molecule has 8 heteroatoms. The first-order chi connectivity index (χ1) is 5.20. The molecule has 0 heterocycles. The van der Waals surface area contributed by atoms with E-state index in [9.17, 15) is 0 Å². The average Bonchev–Trinajstić information content (AvgIpc) is 1.54. The summed E-state index contributed by atoms with van der Waals surface area (Å²) in [5.74, 6) is 0.833. The fourth-order valence-corrected chi connectivity index (χ4v) is 0. The molecule has 0 radical (unpaired) electrons. The smallest absolute Gasteiger partial charge is 0.0431 e. The summed E-state index contributed by atoms with van der Waals surface area (Å²) in [5, 5.41) is 33.3. The first-order valence-corrected chi connectivity index (χ1v) is 2.96. The highest BCUT2D eigenvalue weighted by Gasteiger charge is 1.68. The monoisotopic (exact) mass is 434 g/mol. The number of halogens is 2. The Kier molecular flexibility index (Phi) is 48.2. The van der Waals surface area contributed by atoms with Crippen LogP contribution in [0.1, 0.15) is 20.8 Å². The minimum Gasteiger partial charge on any atom is -0.652 e. The van der Waals surface area contributed by atoms with E-state index in [1.807, 2.05) is 0 Å². The Morgan fingerprint density at radius 1 is 0.786 bits per heavy atom. The molecule has 0 atom stereocenters. The van der Waals surface area contributed by atoms with Crippen molar-refractivity contribution in [2.75, 3.05) is 0 Å². The van der Waals surface area contributed by atoms with Gasteiger partial charge < -0.3 is 30.0 Å². The van der Waals surface area contributed by atoms with Crippen LogP contribution in [0, 0.1) is 5.92 Å². The van der Waals surface area contributed by atoms with Gasteiger partial charge in [-0.1, -0.05) is 20.8 Å². The average molecular weight is 434 g/mol. The van der Waals surface area contributed by atoms with Crippen molar-refractivity contribution in [3.05, 3.63) is 0 Å². The molecule has 0 fully saturated rings. The van der Waals surface area contributed by atoms with Gasteiger partial charge >= 0.3 is 0 Å². The van der Waals surface area contributed by atoms with E-state index in [0.717, 1.165) is 5.92 Å². The molecule has 14 heavy (non-hydrogen) atoms. The van der Waals surface area contributed by atoms with E-state index < -0.39 is 12.3 Å². The van der Waals surface area contributed by atoms with E-state index in [2.05, 4.69) is 20.8 Å². The van der Waals surface area contributed by atoms with Gasteiger partial charge in [-0.15, -0.1) is 48.0 Å². The van der Waals surface area contributed by atoms with Gasteiger partial charge in [-0.25, -0.2) is 0 Å². The van der Waals surface area contributed by atoms with E-state index in [0.29, 0.717) is 0 Å². The summed E-state index contributed by atoms with van der Waals surface area (Å²) in [7, 11) is 0. The van der Waals surface area contributed by atoms with Crippen LogP contribution in [0.5, 0.6) is 0 Å². The molecule has 0 aliphatic heterocycles. The molecule has 0 unspecified atom stereocenters. The van der Waals surface area contributed by atoms with Gasteiger partial charge in [0.1, 0.15) is 0 Å². The summed E-state index contributed by atoms with van der Waals surface area (Å²) in [6.07, 6.45) is -4.67. The first kappa shape index (κ1) is 29.2. The highest BCUT2D eigenvalue weighted by molar-refractivity contribution is 14.0. The van der Waals surface area contributed by atoms with Crippen LogP contribution in [0.15, 0.2) is 0 Å². The molecular weight excluding hydrogens is 422 g/mol. The van der Waals surface area contributed by atoms with E-state index in [1.54, 1.807) is 0 Å². The zero-order valence-electron chi connectivity index (χ0n) is 7.84. The van der Waals surface area contributed by atoms with Gasteiger partial charge in [0, 0.05) is 0 Å². The quantitative estimate of drug-likeness (QED) is 0.407. The van der Waals surface area contributed by atoms with Crippen LogP contribution in [0.4, 0.5) is 9.59 Å². The third kappa shape index (κ3) is 0. The van der Waals surface area contributed by atoms with Crippen LogP contribution in [0.25, 0.3) is 0 Å². The predicted octanol–water partition coefficient (Wildman–Crippen LogP) is -2.00. The maximum Gasteiger partial charge on any atom is -0.0431 e. The zero-order chi connectivity index (χ0) is 10.7. The fraction of sp³-hybridized carbons (Fsp3) is 0.667. The van der Waals surface area contributed by atoms with Gasteiger partial charge in [-0.2, -0.15) is 0 Å². The second kappa shape index (κ2) is 23.1. The van der Waals surface area contributed by atoms with Crippen molar-refractivity contribution in [2.45, 2.75) is 20.8 Å². The van der Waals surface area contributed by atoms with Gasteiger partial charge in [-0.05, 0) is 18.2 Å². The van der Waals surface area contributed by atoms with Gasteiger partial charge in [0.15, 0.2) is 0 Å². The molecule has 0 N–H and O–H groups in total. The Morgan fingerprint density at radius 2 is 0.786 bits per heavy atom. The number of hydrogen-bond donors (Lipinski definition) is 0. The van der Waals surface area contributed by atoms with Crippen molar-refractivity contribution < 1.29 is 30.0 Å². The summed E-state index contributed by atoms with van der Waals surface area (Å²) in [6.45, 7) is 6.50. The third-order valence-corrected chi connectivity index (χ3v) is 0. The standard InChI is InChI=1S/C4H10.2CH2O3.2HI/c1-4(2)3;2*2-1(3)4;;/h4H,1-3H3;2*(H2,2,3,4);2*1H/p-4. The van der Waals surface area contributed by atoms with Crippen LogP contribution in [0.2, 0.25) is 0 Å². The number of carbonyl (C=O) groups excluding carboxylic acids is 2. The lowest BCUT2D eigenvalue weighted by atomic mass is 10.3. The second-order valence-corrected chi connectivity index (χ2v) is 2.23. The van der Waals surface area contributed by atoms with Gasteiger partial charge in [-0.3, -0.25) is 0 Å². The molecule has 6 nitrogen and oxygen atoms in total. The predicted molar refractivity (Wildman–Crippen MR) is 62.1 cm³/mol. The first-order valence-electron chi connectivity index (χ1n) is 2.96. The SMILES string of the molecule is CC(C)C.I.I.O=C([O-])[O-].O=C([O-])[O-]. The molecule has 0 aromatic rings. The van der Waals surface area contributed by atoms with Crippen LogP contribution < -0.4 is 20.4 Å². The third-order valence-electron chi connectivity index (χ3n) is 0. The molecule has 0 amide bonds. The zero-order valence-corrected chi connectivity index (χ0v) is 12.5. The van der Waals surface area contributed by atoms with Crippen molar-refractivity contribution in [1.82, 2.24) is 0 Å². The maximum atomic E-state index is 8.33. The Balaban J connectivity index is -0.0000000270. The van der Waals surface area contributed by atoms with E-state index in [-0.39, 0.29) is 48.0 Å². The molecule has 0 aliphatic carbocycles. The highest BCUT2D eigenvalue weighted by atomic mass is 127. The van der Waals surface area contributed by atoms with Crippen LogP contribution >= 0.6 is 48.0 Å².